The molecule has 0 saturated carbocycles. The fourth-order valence-corrected chi connectivity index (χ4v) is 3.38. The van der Waals surface area contributed by atoms with E-state index >= 15 is 0 Å². The van der Waals surface area contributed by atoms with Crippen LogP contribution < -0.4 is 0 Å². The van der Waals surface area contributed by atoms with Gasteiger partial charge in [-0.05, 0) is 36.1 Å². The second-order valence-corrected chi connectivity index (χ2v) is 6.15. The minimum absolute atomic E-state index is 0.950. The standard InChI is InChI=1S/C18H20N4/c1-13-17-9-14(10-19-18(17)21(2)20-13)11-22-8-7-15-5-3-4-6-16(15)12-22/h3-6,9-10H,7-8,11-12H2,1-2H3. The summed E-state index contributed by atoms with van der Waals surface area (Å²) in [5.41, 5.74) is 6.24. The number of aromatic nitrogens is 3. The number of pyridine rings is 1. The number of fused-ring (bicyclic) bond motifs is 2. The van der Waals surface area contributed by atoms with Crippen LogP contribution in [-0.4, -0.2) is 26.2 Å². The summed E-state index contributed by atoms with van der Waals surface area (Å²) in [5.74, 6) is 0. The topological polar surface area (TPSA) is 34.0 Å². The van der Waals surface area contributed by atoms with E-state index in [0.29, 0.717) is 0 Å². The number of benzene rings is 1. The predicted octanol–water partition coefficient (Wildman–Crippen LogP) is 2.84. The molecule has 22 heavy (non-hydrogen) atoms. The lowest BCUT2D eigenvalue weighted by atomic mass is 9.99. The number of aryl methyl sites for hydroxylation is 2. The third-order valence-corrected chi connectivity index (χ3v) is 4.54. The van der Waals surface area contributed by atoms with Gasteiger partial charge in [0.1, 0.15) is 0 Å². The first-order valence-corrected chi connectivity index (χ1v) is 7.78. The van der Waals surface area contributed by atoms with E-state index in [1.54, 1.807) is 0 Å². The fraction of sp³-hybridized carbons (Fsp3) is 0.333. The van der Waals surface area contributed by atoms with Gasteiger partial charge in [0.25, 0.3) is 0 Å². The molecule has 0 fully saturated rings. The fourth-order valence-electron chi connectivity index (χ4n) is 3.38. The van der Waals surface area contributed by atoms with Crippen molar-refractivity contribution in [1.82, 2.24) is 19.7 Å². The molecule has 4 rings (SSSR count). The van der Waals surface area contributed by atoms with Crippen LogP contribution in [0.1, 0.15) is 22.4 Å². The summed E-state index contributed by atoms with van der Waals surface area (Å²) in [6.07, 6.45) is 3.13. The molecule has 0 saturated heterocycles. The smallest absolute Gasteiger partial charge is 0.157 e. The highest BCUT2D eigenvalue weighted by Gasteiger charge is 2.16. The van der Waals surface area contributed by atoms with E-state index in [1.807, 2.05) is 24.9 Å². The molecule has 112 valence electrons. The van der Waals surface area contributed by atoms with Gasteiger partial charge in [-0.25, -0.2) is 4.98 Å². The highest BCUT2D eigenvalue weighted by molar-refractivity contribution is 5.78. The highest BCUT2D eigenvalue weighted by Crippen LogP contribution is 2.22. The SMILES string of the molecule is Cc1nn(C)c2ncc(CN3CCc4ccccc4C3)cc12. The van der Waals surface area contributed by atoms with Gasteiger partial charge in [0.05, 0.1) is 5.69 Å². The van der Waals surface area contributed by atoms with E-state index in [-0.39, 0.29) is 0 Å². The summed E-state index contributed by atoms with van der Waals surface area (Å²) in [5, 5.41) is 5.61. The van der Waals surface area contributed by atoms with Crippen LogP contribution in [0.3, 0.4) is 0 Å². The molecule has 1 aliphatic heterocycles. The molecule has 4 heteroatoms. The van der Waals surface area contributed by atoms with E-state index in [4.69, 9.17) is 0 Å². The van der Waals surface area contributed by atoms with E-state index in [9.17, 15) is 0 Å². The van der Waals surface area contributed by atoms with E-state index in [0.717, 1.165) is 42.8 Å². The van der Waals surface area contributed by atoms with Crippen molar-refractivity contribution in [3.63, 3.8) is 0 Å². The largest absolute Gasteiger partial charge is 0.294 e. The Bertz CT molecular complexity index is 834. The Balaban J connectivity index is 1.58. The lowest BCUT2D eigenvalue weighted by molar-refractivity contribution is 0.245. The molecular formula is C18H20N4. The maximum absolute atomic E-state index is 4.59. The van der Waals surface area contributed by atoms with Crippen LogP contribution in [0, 0.1) is 6.92 Å². The summed E-state index contributed by atoms with van der Waals surface area (Å²) in [4.78, 5) is 7.08. The van der Waals surface area contributed by atoms with Crippen molar-refractivity contribution < 1.29 is 0 Å². The van der Waals surface area contributed by atoms with Gasteiger partial charge in [-0.2, -0.15) is 5.10 Å². The van der Waals surface area contributed by atoms with Crippen LogP contribution >= 0.6 is 0 Å². The maximum atomic E-state index is 4.59. The summed E-state index contributed by atoms with van der Waals surface area (Å²) < 4.78 is 1.85. The number of hydrogen-bond acceptors (Lipinski definition) is 3. The van der Waals surface area contributed by atoms with Crippen LogP contribution in [0.25, 0.3) is 11.0 Å². The molecule has 1 aromatic carbocycles. The van der Waals surface area contributed by atoms with Crippen molar-refractivity contribution >= 4 is 11.0 Å². The zero-order chi connectivity index (χ0) is 15.1. The molecule has 3 aromatic rings. The maximum Gasteiger partial charge on any atom is 0.157 e. The monoisotopic (exact) mass is 292 g/mol. The third-order valence-electron chi connectivity index (χ3n) is 4.54. The molecule has 0 amide bonds. The molecule has 0 atom stereocenters. The molecular weight excluding hydrogens is 272 g/mol. The number of hydrogen-bond donors (Lipinski definition) is 0. The van der Waals surface area contributed by atoms with Crippen LogP contribution in [-0.2, 0) is 26.6 Å². The minimum atomic E-state index is 0.950. The second kappa shape index (κ2) is 5.21. The van der Waals surface area contributed by atoms with Crippen molar-refractivity contribution in [2.45, 2.75) is 26.4 Å². The average Bonchev–Trinajstić information content (AvgIpc) is 2.82. The lowest BCUT2D eigenvalue weighted by Gasteiger charge is -2.28. The normalized spacial score (nSPS) is 15.2. The van der Waals surface area contributed by atoms with Gasteiger partial charge in [-0.1, -0.05) is 24.3 Å². The first kappa shape index (κ1) is 13.5. The van der Waals surface area contributed by atoms with Gasteiger partial charge in [-0.3, -0.25) is 9.58 Å². The summed E-state index contributed by atoms with van der Waals surface area (Å²) in [7, 11) is 1.95. The Kier molecular flexibility index (Phi) is 3.19. The van der Waals surface area contributed by atoms with Crippen molar-refractivity contribution in [1.29, 1.82) is 0 Å². The van der Waals surface area contributed by atoms with Gasteiger partial charge in [-0.15, -0.1) is 0 Å². The molecule has 4 nitrogen and oxygen atoms in total. The van der Waals surface area contributed by atoms with Crippen LogP contribution in [0.2, 0.25) is 0 Å². The Morgan fingerprint density at radius 3 is 2.86 bits per heavy atom. The molecule has 1 aliphatic rings. The minimum Gasteiger partial charge on any atom is -0.294 e. The first-order valence-electron chi connectivity index (χ1n) is 7.78. The summed E-state index contributed by atoms with van der Waals surface area (Å²) in [6, 6.07) is 11.0. The van der Waals surface area contributed by atoms with Gasteiger partial charge in [0, 0.05) is 38.3 Å². The molecule has 0 unspecified atom stereocenters. The zero-order valence-electron chi connectivity index (χ0n) is 13.1. The molecule has 0 bridgehead atoms. The second-order valence-electron chi connectivity index (χ2n) is 6.15. The highest BCUT2D eigenvalue weighted by atomic mass is 15.3. The molecule has 2 aromatic heterocycles. The van der Waals surface area contributed by atoms with Gasteiger partial charge in [0.15, 0.2) is 5.65 Å². The zero-order valence-corrected chi connectivity index (χ0v) is 13.1. The Morgan fingerprint density at radius 2 is 2.00 bits per heavy atom. The van der Waals surface area contributed by atoms with Crippen LogP contribution in [0.4, 0.5) is 0 Å². The Hall–Kier alpha value is -2.20. The number of rotatable bonds is 2. The summed E-state index contributed by atoms with van der Waals surface area (Å²) in [6.45, 7) is 5.14. The van der Waals surface area contributed by atoms with Crippen molar-refractivity contribution in [2.24, 2.45) is 7.05 Å². The predicted molar refractivity (Wildman–Crippen MR) is 87.5 cm³/mol. The van der Waals surface area contributed by atoms with Crippen LogP contribution in [0.5, 0.6) is 0 Å². The molecule has 0 N–H and O–H groups in total. The van der Waals surface area contributed by atoms with Gasteiger partial charge in [0.2, 0.25) is 0 Å². The van der Waals surface area contributed by atoms with Gasteiger partial charge < -0.3 is 0 Å². The van der Waals surface area contributed by atoms with Crippen molar-refractivity contribution in [3.8, 4) is 0 Å². The Labute approximate surface area is 130 Å². The van der Waals surface area contributed by atoms with E-state index < -0.39 is 0 Å². The average molecular weight is 292 g/mol. The first-order chi connectivity index (χ1) is 10.7. The van der Waals surface area contributed by atoms with E-state index in [2.05, 4.69) is 45.3 Å². The number of nitrogens with zero attached hydrogens (tertiary/aromatic N) is 4. The quantitative estimate of drug-likeness (QED) is 0.728. The Morgan fingerprint density at radius 1 is 1.18 bits per heavy atom. The lowest BCUT2D eigenvalue weighted by Crippen LogP contribution is -2.30. The molecule has 3 heterocycles. The molecule has 0 radical (unpaired) electrons. The van der Waals surface area contributed by atoms with Crippen molar-refractivity contribution in [3.05, 3.63) is 58.9 Å². The van der Waals surface area contributed by atoms with E-state index in [1.165, 1.54) is 16.7 Å². The molecule has 0 aliphatic carbocycles. The summed E-state index contributed by atoms with van der Waals surface area (Å²) >= 11 is 0. The van der Waals surface area contributed by atoms with Crippen molar-refractivity contribution in [2.75, 3.05) is 6.54 Å². The van der Waals surface area contributed by atoms with Gasteiger partial charge >= 0.3 is 0 Å². The van der Waals surface area contributed by atoms with Crippen LogP contribution in [0.15, 0.2) is 36.5 Å². The molecule has 0 spiro atoms. The third kappa shape index (κ3) is 2.29.